The van der Waals surface area contributed by atoms with Crippen molar-refractivity contribution < 1.29 is 9.90 Å². The molecule has 0 radical (unpaired) electrons. The fourth-order valence-corrected chi connectivity index (χ4v) is 2.21. The molecule has 0 spiro atoms. The van der Waals surface area contributed by atoms with E-state index in [1.165, 1.54) is 12.3 Å². The van der Waals surface area contributed by atoms with Crippen molar-refractivity contribution in [1.82, 2.24) is 14.6 Å². The summed E-state index contributed by atoms with van der Waals surface area (Å²) in [6, 6.07) is 8.60. The monoisotopic (exact) mass is 287 g/mol. The molecular weight excluding hydrogens is 278 g/mol. The van der Waals surface area contributed by atoms with Crippen LogP contribution in [0.25, 0.3) is 17.0 Å². The first-order valence-electron chi connectivity index (χ1n) is 5.91. The fourth-order valence-electron chi connectivity index (χ4n) is 2.04. The molecule has 0 saturated carbocycles. The topological polar surface area (TPSA) is 67.5 Å². The molecule has 2 heterocycles. The van der Waals surface area contributed by atoms with E-state index in [-0.39, 0.29) is 5.56 Å². The summed E-state index contributed by atoms with van der Waals surface area (Å²) in [5.74, 6) is -0.419. The Morgan fingerprint density at radius 2 is 2.05 bits per heavy atom. The van der Waals surface area contributed by atoms with E-state index in [4.69, 9.17) is 16.7 Å². The Morgan fingerprint density at radius 3 is 2.80 bits per heavy atom. The quantitative estimate of drug-likeness (QED) is 0.786. The van der Waals surface area contributed by atoms with Gasteiger partial charge in [-0.2, -0.15) is 0 Å². The molecule has 0 fully saturated rings. The van der Waals surface area contributed by atoms with Crippen LogP contribution in [0.3, 0.4) is 0 Å². The summed E-state index contributed by atoms with van der Waals surface area (Å²) in [6.07, 6.45) is 1.51. The first kappa shape index (κ1) is 12.6. The molecule has 6 heteroatoms. The minimum atomic E-state index is -0.991. The van der Waals surface area contributed by atoms with Gasteiger partial charge in [-0.3, -0.25) is 4.40 Å². The lowest BCUT2D eigenvalue weighted by Gasteiger charge is -2.05. The number of carbonyl (C=O) groups is 1. The zero-order valence-corrected chi connectivity index (χ0v) is 11.3. The molecule has 20 heavy (non-hydrogen) atoms. The van der Waals surface area contributed by atoms with Crippen molar-refractivity contribution in [2.24, 2.45) is 0 Å². The maximum atomic E-state index is 11.1. The van der Waals surface area contributed by atoms with Crippen LogP contribution in [0.15, 0.2) is 36.5 Å². The van der Waals surface area contributed by atoms with Crippen LogP contribution in [0.1, 0.15) is 15.9 Å². The number of nitrogens with zero attached hydrogens (tertiary/aromatic N) is 3. The van der Waals surface area contributed by atoms with Crippen LogP contribution in [-0.4, -0.2) is 25.7 Å². The number of pyridine rings is 1. The summed E-state index contributed by atoms with van der Waals surface area (Å²) >= 11 is 6.02. The normalized spacial score (nSPS) is 10.9. The molecule has 0 aliphatic rings. The predicted molar refractivity (Wildman–Crippen MR) is 75.1 cm³/mol. The van der Waals surface area contributed by atoms with Crippen molar-refractivity contribution in [3.63, 3.8) is 0 Å². The first-order valence-corrected chi connectivity index (χ1v) is 6.28. The van der Waals surface area contributed by atoms with E-state index in [1.807, 2.05) is 13.0 Å². The molecule has 1 aromatic carbocycles. The molecule has 0 saturated heterocycles. The van der Waals surface area contributed by atoms with Gasteiger partial charge >= 0.3 is 5.97 Å². The van der Waals surface area contributed by atoms with Gasteiger partial charge in [-0.05, 0) is 36.8 Å². The van der Waals surface area contributed by atoms with Crippen LogP contribution < -0.4 is 0 Å². The minimum Gasteiger partial charge on any atom is -0.478 e. The number of carboxylic acid groups (broad SMARTS) is 1. The van der Waals surface area contributed by atoms with Crippen molar-refractivity contribution in [2.45, 2.75) is 6.92 Å². The number of benzene rings is 1. The Hall–Kier alpha value is -2.40. The van der Waals surface area contributed by atoms with E-state index >= 15 is 0 Å². The zero-order valence-electron chi connectivity index (χ0n) is 10.5. The molecule has 100 valence electrons. The van der Waals surface area contributed by atoms with Crippen molar-refractivity contribution >= 4 is 23.2 Å². The summed E-state index contributed by atoms with van der Waals surface area (Å²) < 4.78 is 1.65. The van der Waals surface area contributed by atoms with Gasteiger partial charge in [0.25, 0.3) is 0 Å². The standard InChI is InChI=1S/C14H10ClN3O2/c1-8-2-4-10(15)6-11(8)13-17-16-12-5-3-9(14(19)20)7-18(12)13/h2-7H,1H3,(H,19,20). The summed E-state index contributed by atoms with van der Waals surface area (Å²) in [5.41, 5.74) is 2.58. The van der Waals surface area contributed by atoms with E-state index < -0.39 is 5.97 Å². The number of hydrogen-bond donors (Lipinski definition) is 1. The highest BCUT2D eigenvalue weighted by molar-refractivity contribution is 6.30. The average molecular weight is 288 g/mol. The third kappa shape index (κ3) is 2.02. The van der Waals surface area contributed by atoms with Gasteiger partial charge in [0.1, 0.15) is 0 Å². The van der Waals surface area contributed by atoms with Crippen LogP contribution in [0.5, 0.6) is 0 Å². The Bertz CT molecular complexity index is 826. The Morgan fingerprint density at radius 1 is 1.25 bits per heavy atom. The molecule has 3 aromatic rings. The average Bonchev–Trinajstić information content (AvgIpc) is 2.84. The molecule has 0 aliphatic heterocycles. The number of carboxylic acids is 1. The highest BCUT2D eigenvalue weighted by Crippen LogP contribution is 2.25. The van der Waals surface area contributed by atoms with Gasteiger partial charge in [0.05, 0.1) is 5.56 Å². The fraction of sp³-hybridized carbons (Fsp3) is 0.0714. The molecule has 2 aromatic heterocycles. The molecule has 5 nitrogen and oxygen atoms in total. The van der Waals surface area contributed by atoms with Gasteiger partial charge in [0.15, 0.2) is 11.5 Å². The number of halogens is 1. The van der Waals surface area contributed by atoms with Gasteiger partial charge in [0, 0.05) is 16.8 Å². The molecule has 0 unspecified atom stereocenters. The third-order valence-electron chi connectivity index (χ3n) is 3.09. The highest BCUT2D eigenvalue weighted by atomic mass is 35.5. The Kier molecular flexibility index (Phi) is 2.91. The maximum absolute atomic E-state index is 11.1. The lowest BCUT2D eigenvalue weighted by atomic mass is 10.1. The van der Waals surface area contributed by atoms with Crippen LogP contribution in [0.4, 0.5) is 0 Å². The first-order chi connectivity index (χ1) is 9.56. The van der Waals surface area contributed by atoms with E-state index in [0.29, 0.717) is 16.5 Å². The second-order valence-electron chi connectivity index (χ2n) is 4.43. The van der Waals surface area contributed by atoms with Gasteiger partial charge in [-0.15, -0.1) is 10.2 Å². The Balaban J connectivity index is 2.28. The highest BCUT2D eigenvalue weighted by Gasteiger charge is 2.13. The smallest absolute Gasteiger partial charge is 0.337 e. The van der Waals surface area contributed by atoms with E-state index in [2.05, 4.69) is 10.2 Å². The number of hydrogen-bond acceptors (Lipinski definition) is 3. The van der Waals surface area contributed by atoms with Crippen LogP contribution in [0, 0.1) is 6.92 Å². The molecule has 0 aliphatic carbocycles. The van der Waals surface area contributed by atoms with E-state index in [1.54, 1.807) is 22.6 Å². The predicted octanol–water partition coefficient (Wildman–Crippen LogP) is 3.06. The third-order valence-corrected chi connectivity index (χ3v) is 3.32. The summed E-state index contributed by atoms with van der Waals surface area (Å²) in [5, 5.41) is 17.8. The van der Waals surface area contributed by atoms with E-state index in [9.17, 15) is 4.79 Å². The Labute approximate surface area is 119 Å². The van der Waals surface area contributed by atoms with Crippen LogP contribution >= 0.6 is 11.6 Å². The lowest BCUT2D eigenvalue weighted by molar-refractivity contribution is 0.0696. The molecule has 1 N–H and O–H groups in total. The lowest BCUT2D eigenvalue weighted by Crippen LogP contribution is -2.00. The van der Waals surface area contributed by atoms with Crippen molar-refractivity contribution in [1.29, 1.82) is 0 Å². The van der Waals surface area contributed by atoms with Crippen molar-refractivity contribution in [3.05, 3.63) is 52.7 Å². The molecule has 0 bridgehead atoms. The van der Waals surface area contributed by atoms with Gasteiger partial charge in [0.2, 0.25) is 0 Å². The van der Waals surface area contributed by atoms with E-state index in [0.717, 1.165) is 11.1 Å². The summed E-state index contributed by atoms with van der Waals surface area (Å²) in [7, 11) is 0. The number of aromatic nitrogens is 3. The number of aromatic carboxylic acids is 1. The SMILES string of the molecule is Cc1ccc(Cl)cc1-c1nnc2ccc(C(=O)O)cn12. The molecular formula is C14H10ClN3O2. The van der Waals surface area contributed by atoms with Crippen molar-refractivity contribution in [2.75, 3.05) is 0 Å². The van der Waals surface area contributed by atoms with Crippen LogP contribution in [-0.2, 0) is 0 Å². The molecule has 3 rings (SSSR count). The second kappa shape index (κ2) is 4.61. The second-order valence-corrected chi connectivity index (χ2v) is 4.87. The zero-order chi connectivity index (χ0) is 14.3. The van der Waals surface area contributed by atoms with Gasteiger partial charge in [-0.25, -0.2) is 4.79 Å². The molecule has 0 amide bonds. The minimum absolute atomic E-state index is 0.179. The number of rotatable bonds is 2. The number of fused-ring (bicyclic) bond motifs is 1. The molecule has 0 atom stereocenters. The van der Waals surface area contributed by atoms with Gasteiger partial charge in [-0.1, -0.05) is 17.7 Å². The number of aryl methyl sites for hydroxylation is 1. The maximum Gasteiger partial charge on any atom is 0.337 e. The van der Waals surface area contributed by atoms with Crippen molar-refractivity contribution in [3.8, 4) is 11.4 Å². The van der Waals surface area contributed by atoms with Gasteiger partial charge < -0.3 is 5.11 Å². The summed E-state index contributed by atoms with van der Waals surface area (Å²) in [4.78, 5) is 11.1. The largest absolute Gasteiger partial charge is 0.478 e. The summed E-state index contributed by atoms with van der Waals surface area (Å²) in [6.45, 7) is 1.94. The van der Waals surface area contributed by atoms with Crippen LogP contribution in [0.2, 0.25) is 5.02 Å².